The fourth-order valence-corrected chi connectivity index (χ4v) is 1.75. The predicted octanol–water partition coefficient (Wildman–Crippen LogP) is 0.711. The molecule has 110 valence electrons. The standard InChI is InChI=1S/C13H15N5O3/c1-7-10(8(2)21-18-7)6-16-13(19)11-4-3-9(5-15-11)12(14)17-20/h3-5,20H,6H2,1-2H3,(H2,14,17)(H,16,19). The van der Waals surface area contributed by atoms with Gasteiger partial charge in [-0.3, -0.25) is 9.78 Å². The molecule has 2 heterocycles. The van der Waals surface area contributed by atoms with Gasteiger partial charge in [0.25, 0.3) is 5.91 Å². The van der Waals surface area contributed by atoms with E-state index in [1.165, 1.54) is 12.3 Å². The molecule has 0 bridgehead atoms. The van der Waals surface area contributed by atoms with Gasteiger partial charge in [0, 0.05) is 23.9 Å². The maximum absolute atomic E-state index is 12.0. The van der Waals surface area contributed by atoms with Crippen LogP contribution in [-0.4, -0.2) is 27.1 Å². The monoisotopic (exact) mass is 289 g/mol. The average Bonchev–Trinajstić information content (AvgIpc) is 2.83. The van der Waals surface area contributed by atoms with Crippen molar-refractivity contribution in [2.45, 2.75) is 20.4 Å². The van der Waals surface area contributed by atoms with Crippen molar-refractivity contribution in [3.05, 3.63) is 46.6 Å². The highest BCUT2D eigenvalue weighted by Gasteiger charge is 2.12. The van der Waals surface area contributed by atoms with Gasteiger partial charge in [0.05, 0.1) is 5.69 Å². The number of nitrogens with one attached hydrogen (secondary N) is 1. The number of aryl methyl sites for hydroxylation is 2. The first-order valence-corrected chi connectivity index (χ1v) is 6.16. The van der Waals surface area contributed by atoms with E-state index in [0.717, 1.165) is 11.3 Å². The summed E-state index contributed by atoms with van der Waals surface area (Å²) < 4.78 is 5.02. The fraction of sp³-hybridized carbons (Fsp3) is 0.231. The van der Waals surface area contributed by atoms with Gasteiger partial charge in [0.1, 0.15) is 11.5 Å². The minimum atomic E-state index is -0.332. The lowest BCUT2D eigenvalue weighted by Gasteiger charge is -2.05. The highest BCUT2D eigenvalue weighted by molar-refractivity contribution is 5.98. The number of hydrogen-bond acceptors (Lipinski definition) is 6. The van der Waals surface area contributed by atoms with Gasteiger partial charge in [-0.05, 0) is 26.0 Å². The molecule has 2 aromatic rings. The Morgan fingerprint density at radius 2 is 2.24 bits per heavy atom. The van der Waals surface area contributed by atoms with Crippen molar-refractivity contribution >= 4 is 11.7 Å². The number of oxime groups is 1. The van der Waals surface area contributed by atoms with Crippen molar-refractivity contribution in [3.63, 3.8) is 0 Å². The van der Waals surface area contributed by atoms with Gasteiger partial charge < -0.3 is 20.8 Å². The molecular formula is C13H15N5O3. The van der Waals surface area contributed by atoms with E-state index in [9.17, 15) is 4.79 Å². The normalized spacial score (nSPS) is 11.4. The van der Waals surface area contributed by atoms with Crippen LogP contribution in [0.1, 0.15) is 33.1 Å². The molecule has 21 heavy (non-hydrogen) atoms. The molecule has 8 heteroatoms. The molecule has 2 aromatic heterocycles. The molecule has 0 spiro atoms. The smallest absolute Gasteiger partial charge is 0.270 e. The lowest BCUT2D eigenvalue weighted by molar-refractivity contribution is 0.0946. The van der Waals surface area contributed by atoms with Crippen LogP contribution in [0.3, 0.4) is 0 Å². The van der Waals surface area contributed by atoms with Crippen LogP contribution in [-0.2, 0) is 6.54 Å². The van der Waals surface area contributed by atoms with Crippen molar-refractivity contribution in [3.8, 4) is 0 Å². The Labute approximate surface area is 120 Å². The number of aromatic nitrogens is 2. The summed E-state index contributed by atoms with van der Waals surface area (Å²) in [6.45, 7) is 3.90. The summed E-state index contributed by atoms with van der Waals surface area (Å²) in [6, 6.07) is 3.04. The minimum Gasteiger partial charge on any atom is -0.409 e. The fourth-order valence-electron chi connectivity index (χ4n) is 1.75. The zero-order valence-electron chi connectivity index (χ0n) is 11.6. The first-order chi connectivity index (χ1) is 10.0. The first-order valence-electron chi connectivity index (χ1n) is 6.16. The van der Waals surface area contributed by atoms with Crippen LogP contribution in [0.15, 0.2) is 28.0 Å². The van der Waals surface area contributed by atoms with Crippen molar-refractivity contribution in [1.82, 2.24) is 15.5 Å². The van der Waals surface area contributed by atoms with E-state index >= 15 is 0 Å². The predicted molar refractivity (Wildman–Crippen MR) is 73.9 cm³/mol. The Bertz CT molecular complexity index is 656. The summed E-state index contributed by atoms with van der Waals surface area (Å²) >= 11 is 0. The molecule has 0 aliphatic carbocycles. The zero-order chi connectivity index (χ0) is 15.4. The molecule has 0 atom stereocenters. The lowest BCUT2D eigenvalue weighted by Crippen LogP contribution is -2.24. The summed E-state index contributed by atoms with van der Waals surface area (Å²) in [5, 5.41) is 18.0. The second kappa shape index (κ2) is 6.04. The second-order valence-corrected chi connectivity index (χ2v) is 4.40. The third-order valence-electron chi connectivity index (χ3n) is 3.01. The summed E-state index contributed by atoms with van der Waals surface area (Å²) in [7, 11) is 0. The van der Waals surface area contributed by atoms with Gasteiger partial charge in [0.2, 0.25) is 0 Å². The molecular weight excluding hydrogens is 274 g/mol. The third kappa shape index (κ3) is 3.16. The van der Waals surface area contributed by atoms with Crippen LogP contribution >= 0.6 is 0 Å². The molecule has 8 nitrogen and oxygen atoms in total. The van der Waals surface area contributed by atoms with Gasteiger partial charge in [-0.25, -0.2) is 0 Å². The Balaban J connectivity index is 2.04. The first kappa shape index (κ1) is 14.5. The molecule has 0 unspecified atom stereocenters. The zero-order valence-corrected chi connectivity index (χ0v) is 11.6. The largest absolute Gasteiger partial charge is 0.409 e. The van der Waals surface area contributed by atoms with Crippen molar-refractivity contribution in [1.29, 1.82) is 0 Å². The highest BCUT2D eigenvalue weighted by atomic mass is 16.5. The van der Waals surface area contributed by atoms with Gasteiger partial charge in [-0.15, -0.1) is 0 Å². The Kier molecular flexibility index (Phi) is 4.17. The van der Waals surface area contributed by atoms with E-state index in [2.05, 4.69) is 20.6 Å². The molecule has 0 saturated heterocycles. The maximum Gasteiger partial charge on any atom is 0.270 e. The number of nitrogens with two attached hydrogens (primary N) is 1. The molecule has 2 rings (SSSR count). The Hall–Kier alpha value is -2.90. The number of rotatable bonds is 4. The number of amidine groups is 1. The number of hydrogen-bond donors (Lipinski definition) is 3. The van der Waals surface area contributed by atoms with E-state index in [1.54, 1.807) is 13.0 Å². The highest BCUT2D eigenvalue weighted by Crippen LogP contribution is 2.11. The number of carbonyl (C=O) groups excluding carboxylic acids is 1. The second-order valence-electron chi connectivity index (χ2n) is 4.40. The van der Waals surface area contributed by atoms with Crippen LogP contribution < -0.4 is 11.1 Å². The quantitative estimate of drug-likeness (QED) is 0.329. The Morgan fingerprint density at radius 3 is 2.76 bits per heavy atom. The molecule has 0 aliphatic heterocycles. The van der Waals surface area contributed by atoms with Gasteiger partial charge in [0.15, 0.2) is 5.84 Å². The van der Waals surface area contributed by atoms with Crippen molar-refractivity contribution in [2.24, 2.45) is 10.9 Å². The molecule has 4 N–H and O–H groups in total. The number of carbonyl (C=O) groups is 1. The maximum atomic E-state index is 12.0. The molecule has 0 radical (unpaired) electrons. The Morgan fingerprint density at radius 1 is 1.48 bits per heavy atom. The number of pyridine rings is 1. The summed E-state index contributed by atoms with van der Waals surface area (Å²) in [4.78, 5) is 15.9. The molecule has 1 amide bonds. The van der Waals surface area contributed by atoms with Crippen LogP contribution in [0.25, 0.3) is 0 Å². The van der Waals surface area contributed by atoms with E-state index in [0.29, 0.717) is 17.9 Å². The summed E-state index contributed by atoms with van der Waals surface area (Å²) in [5.74, 6) is 0.272. The summed E-state index contributed by atoms with van der Waals surface area (Å²) in [6.07, 6.45) is 1.36. The topological polar surface area (TPSA) is 127 Å². The molecule has 0 fully saturated rings. The molecule has 0 saturated carbocycles. The van der Waals surface area contributed by atoms with Crippen LogP contribution in [0.4, 0.5) is 0 Å². The van der Waals surface area contributed by atoms with Crippen LogP contribution in [0, 0.1) is 13.8 Å². The minimum absolute atomic E-state index is 0.0646. The van der Waals surface area contributed by atoms with Gasteiger partial charge in [-0.1, -0.05) is 10.3 Å². The SMILES string of the molecule is Cc1noc(C)c1CNC(=O)c1ccc(C(N)=NO)cn1. The van der Waals surface area contributed by atoms with E-state index in [-0.39, 0.29) is 17.4 Å². The number of amides is 1. The van der Waals surface area contributed by atoms with Crippen LogP contribution in [0.2, 0.25) is 0 Å². The lowest BCUT2D eigenvalue weighted by atomic mass is 10.2. The molecule has 0 aliphatic rings. The average molecular weight is 289 g/mol. The number of nitrogens with zero attached hydrogens (tertiary/aromatic N) is 3. The van der Waals surface area contributed by atoms with Crippen molar-refractivity contribution < 1.29 is 14.5 Å². The summed E-state index contributed by atoms with van der Waals surface area (Å²) in [5.41, 5.74) is 7.66. The van der Waals surface area contributed by atoms with Crippen molar-refractivity contribution in [2.75, 3.05) is 0 Å². The van der Waals surface area contributed by atoms with Gasteiger partial charge >= 0.3 is 0 Å². The van der Waals surface area contributed by atoms with E-state index in [4.69, 9.17) is 15.5 Å². The van der Waals surface area contributed by atoms with E-state index < -0.39 is 0 Å². The van der Waals surface area contributed by atoms with Crippen LogP contribution in [0.5, 0.6) is 0 Å². The molecule has 0 aromatic carbocycles. The third-order valence-corrected chi connectivity index (χ3v) is 3.01. The van der Waals surface area contributed by atoms with Gasteiger partial charge in [-0.2, -0.15) is 0 Å². The van der Waals surface area contributed by atoms with E-state index in [1.807, 2.05) is 6.92 Å².